The maximum atomic E-state index is 6.24. The average Bonchev–Trinajstić information content (AvgIpc) is 3.37. The summed E-state index contributed by atoms with van der Waals surface area (Å²) in [5.74, 6) is 7.81. The summed E-state index contributed by atoms with van der Waals surface area (Å²) >= 11 is 6.24. The van der Waals surface area contributed by atoms with Crippen LogP contribution in [0.5, 0.6) is 11.6 Å². The van der Waals surface area contributed by atoms with Gasteiger partial charge in [0.15, 0.2) is 6.29 Å². The molecule has 2 heterocycles. The Hall–Kier alpha value is -2.07. The van der Waals surface area contributed by atoms with Gasteiger partial charge in [-0.15, -0.1) is 0 Å². The van der Waals surface area contributed by atoms with E-state index in [1.807, 2.05) is 12.1 Å². The first kappa shape index (κ1) is 18.3. The van der Waals surface area contributed by atoms with Crippen LogP contribution in [0.2, 0.25) is 5.02 Å². The van der Waals surface area contributed by atoms with Gasteiger partial charge in [-0.25, -0.2) is 4.68 Å². The molecule has 0 bridgehead atoms. The molecule has 0 amide bonds. The molecule has 0 atom stereocenters. The maximum Gasteiger partial charge on any atom is 0.258 e. The molecular formula is C20H22ClN3O3. The van der Waals surface area contributed by atoms with Crippen LogP contribution in [0.15, 0.2) is 24.4 Å². The third-order valence-electron chi connectivity index (χ3n) is 4.32. The molecule has 6 nitrogen and oxygen atoms in total. The molecule has 1 saturated heterocycles. The first-order valence-corrected chi connectivity index (χ1v) is 9.47. The van der Waals surface area contributed by atoms with E-state index in [0.717, 1.165) is 5.56 Å². The van der Waals surface area contributed by atoms with E-state index in [4.69, 9.17) is 25.8 Å². The molecule has 7 heteroatoms. The molecule has 2 fully saturated rings. The van der Waals surface area contributed by atoms with Gasteiger partial charge in [0.25, 0.3) is 5.88 Å². The molecule has 1 aromatic carbocycles. The van der Waals surface area contributed by atoms with Gasteiger partial charge >= 0.3 is 0 Å². The van der Waals surface area contributed by atoms with Gasteiger partial charge in [0.05, 0.1) is 31.0 Å². The Morgan fingerprint density at radius 3 is 2.81 bits per heavy atom. The minimum atomic E-state index is -0.336. The Balaban J connectivity index is 1.39. The summed E-state index contributed by atoms with van der Waals surface area (Å²) in [5, 5.41) is 8.62. The zero-order valence-electron chi connectivity index (χ0n) is 15.4. The molecule has 0 radical (unpaired) electrons. The predicted molar refractivity (Wildman–Crippen MR) is 101 cm³/mol. The van der Waals surface area contributed by atoms with Crippen molar-refractivity contribution in [1.29, 1.82) is 0 Å². The van der Waals surface area contributed by atoms with Crippen molar-refractivity contribution in [2.45, 2.75) is 39.5 Å². The molecule has 142 valence electrons. The molecule has 1 saturated carbocycles. The van der Waals surface area contributed by atoms with Crippen molar-refractivity contribution in [3.05, 3.63) is 35.0 Å². The van der Waals surface area contributed by atoms with Crippen LogP contribution in [0.25, 0.3) is 0 Å². The van der Waals surface area contributed by atoms with E-state index in [9.17, 15) is 0 Å². The monoisotopic (exact) mass is 387 g/mol. The first-order chi connectivity index (χ1) is 13.0. The van der Waals surface area contributed by atoms with Crippen molar-refractivity contribution in [3.63, 3.8) is 0 Å². The van der Waals surface area contributed by atoms with Crippen LogP contribution < -0.4 is 4.74 Å². The summed E-state index contributed by atoms with van der Waals surface area (Å²) in [7, 11) is 0. The highest BCUT2D eigenvalue weighted by molar-refractivity contribution is 6.32. The number of aromatic nitrogens is 3. The number of hydrogen-bond acceptors (Lipinski definition) is 5. The zero-order valence-corrected chi connectivity index (χ0v) is 16.2. The van der Waals surface area contributed by atoms with Crippen LogP contribution in [-0.2, 0) is 16.0 Å². The fourth-order valence-electron chi connectivity index (χ4n) is 2.59. The second-order valence-electron chi connectivity index (χ2n) is 7.79. The molecule has 0 unspecified atom stereocenters. The van der Waals surface area contributed by atoms with Crippen LogP contribution in [0.4, 0.5) is 0 Å². The van der Waals surface area contributed by atoms with E-state index in [1.165, 1.54) is 12.8 Å². The van der Waals surface area contributed by atoms with E-state index >= 15 is 0 Å². The van der Waals surface area contributed by atoms with E-state index in [2.05, 4.69) is 36.0 Å². The lowest BCUT2D eigenvalue weighted by Gasteiger charge is -2.34. The van der Waals surface area contributed by atoms with E-state index in [-0.39, 0.29) is 11.7 Å². The summed E-state index contributed by atoms with van der Waals surface area (Å²) in [6.45, 7) is 5.97. The fourth-order valence-corrected chi connectivity index (χ4v) is 2.74. The van der Waals surface area contributed by atoms with Gasteiger partial charge in [-0.2, -0.15) is 0 Å². The van der Waals surface area contributed by atoms with E-state index in [1.54, 1.807) is 16.9 Å². The van der Waals surface area contributed by atoms with Crippen LogP contribution in [0.3, 0.4) is 0 Å². The molecule has 1 aliphatic heterocycles. The van der Waals surface area contributed by atoms with E-state index < -0.39 is 0 Å². The normalized spacial score (nSPS) is 19.4. The number of nitrogens with zero attached hydrogens (tertiary/aromatic N) is 3. The SMILES string of the molecule is CC1(C)COC(Cn2cc(Oc3cc(C#CC4CC4)ccc3Cl)nn2)OC1. The summed E-state index contributed by atoms with van der Waals surface area (Å²) in [6, 6.07) is 5.50. The number of benzene rings is 1. The first-order valence-electron chi connectivity index (χ1n) is 9.09. The topological polar surface area (TPSA) is 58.4 Å². The van der Waals surface area contributed by atoms with Crippen molar-refractivity contribution in [3.8, 4) is 23.5 Å². The second kappa shape index (κ2) is 7.51. The zero-order chi connectivity index (χ0) is 18.9. The third-order valence-corrected chi connectivity index (χ3v) is 4.63. The molecule has 27 heavy (non-hydrogen) atoms. The highest BCUT2D eigenvalue weighted by Gasteiger charge is 2.28. The Bertz CT molecular complexity index is 870. The quantitative estimate of drug-likeness (QED) is 0.745. The predicted octanol–water partition coefficient (Wildman–Crippen LogP) is 3.88. The molecule has 2 aliphatic rings. The number of hydrogen-bond donors (Lipinski definition) is 0. The Morgan fingerprint density at radius 1 is 1.30 bits per heavy atom. The van der Waals surface area contributed by atoms with Crippen molar-refractivity contribution >= 4 is 11.6 Å². The molecule has 2 aromatic rings. The second-order valence-corrected chi connectivity index (χ2v) is 8.19. The number of rotatable bonds is 4. The van der Waals surface area contributed by atoms with Crippen LogP contribution in [0.1, 0.15) is 32.3 Å². The molecule has 1 aromatic heterocycles. The summed E-state index contributed by atoms with van der Waals surface area (Å²) in [4.78, 5) is 0. The van der Waals surface area contributed by atoms with Crippen LogP contribution >= 0.6 is 11.6 Å². The number of halogens is 1. The van der Waals surface area contributed by atoms with Gasteiger partial charge in [-0.05, 0) is 31.0 Å². The lowest BCUT2D eigenvalue weighted by molar-refractivity contribution is -0.227. The Morgan fingerprint density at radius 2 is 2.07 bits per heavy atom. The maximum absolute atomic E-state index is 6.24. The summed E-state index contributed by atoms with van der Waals surface area (Å²) in [5.41, 5.74) is 0.914. The Kier molecular flexibility index (Phi) is 5.09. The Labute approximate surface area is 163 Å². The van der Waals surface area contributed by atoms with E-state index in [0.29, 0.717) is 42.3 Å². The van der Waals surface area contributed by atoms with Gasteiger partial charge < -0.3 is 14.2 Å². The van der Waals surface area contributed by atoms with Crippen molar-refractivity contribution in [2.75, 3.05) is 13.2 Å². The molecule has 0 spiro atoms. The average molecular weight is 388 g/mol. The standard InChI is InChI=1S/C20H22ClN3O3/c1-20(2)12-25-19(26-13-20)11-24-10-18(22-23-24)27-17-9-15(7-8-16(17)21)6-5-14-3-4-14/h7-10,14,19H,3-4,11-13H2,1-2H3. The van der Waals surface area contributed by atoms with Crippen molar-refractivity contribution in [2.24, 2.45) is 11.3 Å². The van der Waals surface area contributed by atoms with Gasteiger partial charge in [-0.3, -0.25) is 0 Å². The van der Waals surface area contributed by atoms with Crippen molar-refractivity contribution < 1.29 is 14.2 Å². The van der Waals surface area contributed by atoms with Crippen LogP contribution in [0, 0.1) is 23.2 Å². The summed E-state index contributed by atoms with van der Waals surface area (Å²) in [6.07, 6.45) is 3.75. The number of ether oxygens (including phenoxy) is 3. The molecular weight excluding hydrogens is 366 g/mol. The van der Waals surface area contributed by atoms with Gasteiger partial charge in [0.2, 0.25) is 0 Å². The van der Waals surface area contributed by atoms with Crippen molar-refractivity contribution in [1.82, 2.24) is 15.0 Å². The van der Waals surface area contributed by atoms with Gasteiger partial charge in [-0.1, -0.05) is 47.6 Å². The van der Waals surface area contributed by atoms with Gasteiger partial charge in [0, 0.05) is 16.9 Å². The lowest BCUT2D eigenvalue weighted by atomic mass is 9.96. The van der Waals surface area contributed by atoms with Crippen LogP contribution in [-0.4, -0.2) is 34.5 Å². The minimum Gasteiger partial charge on any atom is -0.435 e. The molecule has 4 rings (SSSR count). The molecule has 0 N–H and O–H groups in total. The largest absolute Gasteiger partial charge is 0.435 e. The van der Waals surface area contributed by atoms with Gasteiger partial charge in [0.1, 0.15) is 5.75 Å². The minimum absolute atomic E-state index is 0.0390. The highest BCUT2D eigenvalue weighted by atomic mass is 35.5. The summed E-state index contributed by atoms with van der Waals surface area (Å²) < 4.78 is 18.9. The third kappa shape index (κ3) is 5.01. The smallest absolute Gasteiger partial charge is 0.258 e. The highest BCUT2D eigenvalue weighted by Crippen LogP contribution is 2.30. The lowest BCUT2D eigenvalue weighted by Crippen LogP contribution is -2.39. The molecule has 1 aliphatic carbocycles. The fraction of sp³-hybridized carbons (Fsp3) is 0.500.